The molecule has 0 saturated heterocycles. The highest BCUT2D eigenvalue weighted by Gasteiger charge is 2.07. The molecule has 3 N–H and O–H groups in total. The van der Waals surface area contributed by atoms with Gasteiger partial charge in [-0.25, -0.2) is 19.3 Å². The largest absolute Gasteiger partial charge is 0.383 e. The number of hydrogen-bond acceptors (Lipinski definition) is 6. The van der Waals surface area contributed by atoms with E-state index < -0.39 is 0 Å². The number of amides is 1. The monoisotopic (exact) mass is 294 g/mol. The van der Waals surface area contributed by atoms with Gasteiger partial charge in [0.15, 0.2) is 5.65 Å². The lowest BCUT2D eigenvalue weighted by atomic mass is 10.4. The Balaban J connectivity index is 1.89. The summed E-state index contributed by atoms with van der Waals surface area (Å²) in [6.07, 6.45) is 0.322. The van der Waals surface area contributed by atoms with E-state index in [9.17, 15) is 9.59 Å². The molecule has 0 bridgehead atoms. The van der Waals surface area contributed by atoms with E-state index in [1.807, 2.05) is 0 Å². The molecule has 21 heavy (non-hydrogen) atoms. The minimum atomic E-state index is -0.320. The van der Waals surface area contributed by atoms with Crippen LogP contribution < -0.4 is 16.3 Å². The molecule has 0 aromatic carbocycles. The van der Waals surface area contributed by atoms with Crippen LogP contribution in [0.2, 0.25) is 0 Å². The number of hydrogen-bond donors (Lipinski definition) is 3. The van der Waals surface area contributed by atoms with Crippen molar-refractivity contribution in [1.82, 2.24) is 24.9 Å². The lowest BCUT2D eigenvalue weighted by molar-refractivity contribution is -0.121. The van der Waals surface area contributed by atoms with Gasteiger partial charge in [0.2, 0.25) is 5.91 Å². The normalized spacial score (nSPS) is 10.8. The maximum absolute atomic E-state index is 11.5. The standard InChI is InChI=1S/C12H18N6O3/c1-8-15-9(7-10-16-17-12(20)18(8)10)13-4-3-11(19)14-5-6-21-2/h7,13H,3-6H2,1-2H3,(H,14,19)(H,17,20). The summed E-state index contributed by atoms with van der Waals surface area (Å²) in [6.45, 7) is 3.14. The number of methoxy groups -OCH3 is 1. The zero-order valence-electron chi connectivity index (χ0n) is 12.0. The van der Waals surface area contributed by atoms with Gasteiger partial charge in [0, 0.05) is 32.7 Å². The van der Waals surface area contributed by atoms with Crippen molar-refractivity contribution in [3.8, 4) is 0 Å². The first kappa shape index (κ1) is 15.0. The van der Waals surface area contributed by atoms with E-state index in [0.717, 1.165) is 0 Å². The van der Waals surface area contributed by atoms with E-state index in [4.69, 9.17) is 4.74 Å². The van der Waals surface area contributed by atoms with E-state index in [1.165, 1.54) is 4.40 Å². The number of rotatable bonds is 7. The summed E-state index contributed by atoms with van der Waals surface area (Å²) >= 11 is 0. The molecule has 2 heterocycles. The van der Waals surface area contributed by atoms with Crippen molar-refractivity contribution in [2.24, 2.45) is 0 Å². The molecule has 0 atom stereocenters. The van der Waals surface area contributed by atoms with Crippen LogP contribution in [0, 0.1) is 6.92 Å². The Bertz CT molecular complexity index is 677. The Morgan fingerprint density at radius 3 is 3.05 bits per heavy atom. The lowest BCUT2D eigenvalue weighted by Gasteiger charge is -2.07. The van der Waals surface area contributed by atoms with Gasteiger partial charge in [0.05, 0.1) is 6.61 Å². The average molecular weight is 294 g/mol. The Kier molecular flexibility index (Phi) is 4.88. The predicted octanol–water partition coefficient (Wildman–Crippen LogP) is -0.709. The van der Waals surface area contributed by atoms with Crippen LogP contribution in [0.5, 0.6) is 0 Å². The fourth-order valence-corrected chi connectivity index (χ4v) is 1.87. The van der Waals surface area contributed by atoms with Crippen LogP contribution in [0.4, 0.5) is 5.82 Å². The summed E-state index contributed by atoms with van der Waals surface area (Å²) < 4.78 is 6.22. The van der Waals surface area contributed by atoms with Crippen LogP contribution in [0.3, 0.4) is 0 Å². The second-order valence-electron chi connectivity index (χ2n) is 4.43. The van der Waals surface area contributed by atoms with Crippen molar-refractivity contribution >= 4 is 17.4 Å². The molecular formula is C12H18N6O3. The van der Waals surface area contributed by atoms with Crippen molar-refractivity contribution in [2.75, 3.05) is 32.1 Å². The number of aromatic amines is 1. The highest BCUT2D eigenvalue weighted by molar-refractivity contribution is 5.76. The molecule has 0 aliphatic carbocycles. The van der Waals surface area contributed by atoms with E-state index >= 15 is 0 Å². The van der Waals surface area contributed by atoms with Crippen molar-refractivity contribution in [3.05, 3.63) is 22.4 Å². The number of nitrogens with one attached hydrogen (secondary N) is 3. The molecular weight excluding hydrogens is 276 g/mol. The van der Waals surface area contributed by atoms with Gasteiger partial charge in [-0.1, -0.05) is 0 Å². The molecule has 2 aromatic rings. The van der Waals surface area contributed by atoms with E-state index in [2.05, 4.69) is 25.8 Å². The topological polar surface area (TPSA) is 113 Å². The van der Waals surface area contributed by atoms with Gasteiger partial charge >= 0.3 is 5.69 Å². The number of nitrogens with zero attached hydrogens (tertiary/aromatic N) is 3. The SMILES string of the molecule is COCCNC(=O)CCNc1cc2n[nH]c(=O)n2c(C)n1. The van der Waals surface area contributed by atoms with Gasteiger partial charge in [-0.15, -0.1) is 0 Å². The molecule has 0 radical (unpaired) electrons. The molecule has 9 nitrogen and oxygen atoms in total. The Morgan fingerprint density at radius 1 is 1.48 bits per heavy atom. The van der Waals surface area contributed by atoms with E-state index in [-0.39, 0.29) is 11.6 Å². The number of carbonyl (C=O) groups excluding carboxylic acids is 1. The first-order chi connectivity index (χ1) is 10.1. The van der Waals surface area contributed by atoms with Gasteiger partial charge in [-0.3, -0.25) is 4.79 Å². The summed E-state index contributed by atoms with van der Waals surface area (Å²) in [5.41, 5.74) is 0.165. The number of fused-ring (bicyclic) bond motifs is 1. The van der Waals surface area contributed by atoms with Crippen LogP contribution >= 0.6 is 0 Å². The minimum Gasteiger partial charge on any atom is -0.383 e. The zero-order valence-corrected chi connectivity index (χ0v) is 12.0. The van der Waals surface area contributed by atoms with Gasteiger partial charge in [0.1, 0.15) is 11.6 Å². The number of ether oxygens (including phenoxy) is 1. The van der Waals surface area contributed by atoms with Crippen molar-refractivity contribution in [2.45, 2.75) is 13.3 Å². The highest BCUT2D eigenvalue weighted by Crippen LogP contribution is 2.07. The predicted molar refractivity (Wildman–Crippen MR) is 76.3 cm³/mol. The van der Waals surface area contributed by atoms with Crippen molar-refractivity contribution in [3.63, 3.8) is 0 Å². The lowest BCUT2D eigenvalue weighted by Crippen LogP contribution is -2.28. The van der Waals surface area contributed by atoms with E-state index in [0.29, 0.717) is 43.4 Å². The van der Waals surface area contributed by atoms with Gasteiger partial charge in [-0.05, 0) is 6.92 Å². The highest BCUT2D eigenvalue weighted by atomic mass is 16.5. The quantitative estimate of drug-likeness (QED) is 0.581. The Hall–Kier alpha value is -2.42. The third-order valence-electron chi connectivity index (χ3n) is 2.86. The molecule has 2 rings (SSSR count). The summed E-state index contributed by atoms with van der Waals surface area (Å²) in [6, 6.07) is 1.65. The molecule has 0 unspecified atom stereocenters. The van der Waals surface area contributed by atoms with Gasteiger partial charge < -0.3 is 15.4 Å². The Labute approximate surface area is 120 Å². The van der Waals surface area contributed by atoms with Gasteiger partial charge in [0.25, 0.3) is 0 Å². The maximum atomic E-state index is 11.5. The molecule has 0 aliphatic rings. The molecule has 0 spiro atoms. The fraction of sp³-hybridized carbons (Fsp3) is 0.500. The molecule has 1 amide bonds. The molecule has 114 valence electrons. The minimum absolute atomic E-state index is 0.0617. The summed E-state index contributed by atoms with van der Waals surface area (Å²) in [7, 11) is 1.58. The third-order valence-corrected chi connectivity index (χ3v) is 2.86. The molecule has 0 fully saturated rings. The summed E-state index contributed by atoms with van der Waals surface area (Å²) in [5, 5.41) is 12.0. The summed E-state index contributed by atoms with van der Waals surface area (Å²) in [5.74, 6) is 1.04. The van der Waals surface area contributed by atoms with Crippen molar-refractivity contribution in [1.29, 1.82) is 0 Å². The molecule has 2 aromatic heterocycles. The molecule has 0 saturated carbocycles. The van der Waals surface area contributed by atoms with Crippen LogP contribution in [0.15, 0.2) is 10.9 Å². The summed E-state index contributed by atoms with van der Waals surface area (Å²) in [4.78, 5) is 27.2. The van der Waals surface area contributed by atoms with Crippen LogP contribution in [0.25, 0.3) is 5.65 Å². The van der Waals surface area contributed by atoms with Crippen molar-refractivity contribution < 1.29 is 9.53 Å². The molecule has 9 heteroatoms. The Morgan fingerprint density at radius 2 is 2.29 bits per heavy atom. The van der Waals surface area contributed by atoms with E-state index in [1.54, 1.807) is 20.1 Å². The second kappa shape index (κ2) is 6.84. The third kappa shape index (κ3) is 3.78. The first-order valence-corrected chi connectivity index (χ1v) is 6.56. The fourth-order valence-electron chi connectivity index (χ4n) is 1.87. The number of H-pyrrole nitrogens is 1. The number of carbonyl (C=O) groups is 1. The number of aryl methyl sites for hydroxylation is 1. The average Bonchev–Trinajstić information content (AvgIpc) is 2.81. The van der Waals surface area contributed by atoms with Crippen LogP contribution in [0.1, 0.15) is 12.2 Å². The smallest absolute Gasteiger partial charge is 0.349 e. The first-order valence-electron chi connectivity index (χ1n) is 6.56. The number of anilines is 1. The van der Waals surface area contributed by atoms with Gasteiger partial charge in [-0.2, -0.15) is 5.10 Å². The zero-order chi connectivity index (χ0) is 15.2. The van der Waals surface area contributed by atoms with Crippen LogP contribution in [-0.2, 0) is 9.53 Å². The number of aromatic nitrogens is 4. The second-order valence-corrected chi connectivity index (χ2v) is 4.43. The maximum Gasteiger partial charge on any atom is 0.349 e. The molecule has 0 aliphatic heterocycles. The van der Waals surface area contributed by atoms with Crippen LogP contribution in [-0.4, -0.2) is 52.3 Å².